The third-order valence-corrected chi connectivity index (χ3v) is 4.32. The molecule has 1 aliphatic rings. The van der Waals surface area contributed by atoms with Gasteiger partial charge in [-0.2, -0.15) is 0 Å². The second-order valence-electron chi connectivity index (χ2n) is 5.96. The van der Waals surface area contributed by atoms with Gasteiger partial charge in [0.25, 0.3) is 0 Å². The molecular weight excluding hydrogens is 264 g/mol. The molecule has 0 spiro atoms. The van der Waals surface area contributed by atoms with Crippen molar-refractivity contribution in [2.24, 2.45) is 11.7 Å². The Kier molecular flexibility index (Phi) is 5.23. The lowest BCUT2D eigenvalue weighted by Crippen LogP contribution is -2.47. The maximum atomic E-state index is 12.6. The number of nitrogens with two attached hydrogens (primary N) is 1. The number of carbonyl (C=O) groups is 1. The van der Waals surface area contributed by atoms with Crippen LogP contribution in [-0.2, 0) is 11.3 Å². The fourth-order valence-electron chi connectivity index (χ4n) is 2.39. The van der Waals surface area contributed by atoms with Crippen molar-refractivity contribution in [3.63, 3.8) is 0 Å². The monoisotopic (exact) mass is 290 g/mol. The summed E-state index contributed by atoms with van der Waals surface area (Å²) in [5.74, 6) is 1.14. The van der Waals surface area contributed by atoms with Crippen molar-refractivity contribution in [2.75, 3.05) is 7.11 Å². The Labute approximate surface area is 127 Å². The van der Waals surface area contributed by atoms with Gasteiger partial charge in [0.1, 0.15) is 5.75 Å². The first-order valence-electron chi connectivity index (χ1n) is 7.75. The maximum absolute atomic E-state index is 12.6. The van der Waals surface area contributed by atoms with Crippen LogP contribution in [0.1, 0.15) is 38.7 Å². The molecule has 0 aromatic heterocycles. The summed E-state index contributed by atoms with van der Waals surface area (Å²) in [4.78, 5) is 14.6. The molecule has 1 aromatic rings. The van der Waals surface area contributed by atoms with E-state index in [0.717, 1.165) is 30.6 Å². The zero-order valence-corrected chi connectivity index (χ0v) is 13.2. The van der Waals surface area contributed by atoms with Gasteiger partial charge in [0, 0.05) is 12.6 Å². The minimum Gasteiger partial charge on any atom is -0.497 e. The molecule has 1 aromatic carbocycles. The molecule has 4 heteroatoms. The Balaban J connectivity index is 2.06. The first-order chi connectivity index (χ1) is 10.1. The molecule has 2 atom stereocenters. The zero-order valence-electron chi connectivity index (χ0n) is 13.2. The molecule has 1 unspecified atom stereocenters. The Morgan fingerprint density at radius 3 is 2.48 bits per heavy atom. The summed E-state index contributed by atoms with van der Waals surface area (Å²) in [6, 6.07) is 7.86. The molecule has 4 nitrogen and oxygen atoms in total. The Bertz CT molecular complexity index is 468. The fraction of sp³-hybridized carbons (Fsp3) is 0.588. The smallest absolute Gasteiger partial charge is 0.240 e. The van der Waals surface area contributed by atoms with Gasteiger partial charge < -0.3 is 15.4 Å². The van der Waals surface area contributed by atoms with Crippen LogP contribution >= 0.6 is 0 Å². The van der Waals surface area contributed by atoms with Crippen molar-refractivity contribution >= 4 is 5.91 Å². The van der Waals surface area contributed by atoms with E-state index in [0.29, 0.717) is 12.6 Å². The predicted molar refractivity (Wildman–Crippen MR) is 84.0 cm³/mol. The van der Waals surface area contributed by atoms with Crippen molar-refractivity contribution in [3.05, 3.63) is 29.8 Å². The minimum atomic E-state index is -0.395. The quantitative estimate of drug-likeness (QED) is 0.839. The average Bonchev–Trinajstić information content (AvgIpc) is 3.35. The predicted octanol–water partition coefficient (Wildman–Crippen LogP) is 2.56. The van der Waals surface area contributed by atoms with Gasteiger partial charge in [0.2, 0.25) is 5.91 Å². The summed E-state index contributed by atoms with van der Waals surface area (Å²) in [7, 11) is 1.65. The van der Waals surface area contributed by atoms with Crippen LogP contribution in [0, 0.1) is 5.92 Å². The van der Waals surface area contributed by atoms with E-state index >= 15 is 0 Å². The van der Waals surface area contributed by atoms with E-state index in [2.05, 4.69) is 6.92 Å². The first kappa shape index (κ1) is 15.8. The molecule has 1 aliphatic carbocycles. The summed E-state index contributed by atoms with van der Waals surface area (Å²) in [5, 5.41) is 0. The van der Waals surface area contributed by atoms with Gasteiger partial charge in [-0.25, -0.2) is 0 Å². The number of ether oxygens (including phenoxy) is 1. The van der Waals surface area contributed by atoms with E-state index in [-0.39, 0.29) is 11.8 Å². The molecule has 0 bridgehead atoms. The highest BCUT2D eigenvalue weighted by atomic mass is 16.5. The van der Waals surface area contributed by atoms with Gasteiger partial charge in [-0.15, -0.1) is 0 Å². The van der Waals surface area contributed by atoms with Gasteiger partial charge in [0.05, 0.1) is 13.2 Å². The van der Waals surface area contributed by atoms with E-state index in [1.54, 1.807) is 7.11 Å². The Morgan fingerprint density at radius 2 is 2.00 bits per heavy atom. The fourth-order valence-corrected chi connectivity index (χ4v) is 2.39. The molecule has 0 radical (unpaired) electrons. The van der Waals surface area contributed by atoms with Crippen LogP contribution in [0.2, 0.25) is 0 Å². The molecule has 0 heterocycles. The summed E-state index contributed by atoms with van der Waals surface area (Å²) < 4.78 is 5.17. The summed E-state index contributed by atoms with van der Waals surface area (Å²) in [5.41, 5.74) is 7.24. The van der Waals surface area contributed by atoms with Crippen molar-refractivity contribution < 1.29 is 9.53 Å². The van der Waals surface area contributed by atoms with Crippen LogP contribution in [0.4, 0.5) is 0 Å². The molecule has 1 amide bonds. The normalized spacial score (nSPS) is 17.1. The molecular formula is C17H26N2O2. The summed E-state index contributed by atoms with van der Waals surface area (Å²) in [6.07, 6.45) is 3.11. The van der Waals surface area contributed by atoms with Crippen molar-refractivity contribution in [1.82, 2.24) is 4.90 Å². The number of hydrogen-bond donors (Lipinski definition) is 1. The third kappa shape index (κ3) is 3.97. The van der Waals surface area contributed by atoms with Crippen LogP contribution in [0.5, 0.6) is 5.75 Å². The van der Waals surface area contributed by atoms with E-state index in [4.69, 9.17) is 10.5 Å². The molecule has 0 aliphatic heterocycles. The minimum absolute atomic E-state index is 0.0858. The number of rotatable bonds is 7. The first-order valence-corrected chi connectivity index (χ1v) is 7.75. The maximum Gasteiger partial charge on any atom is 0.240 e. The largest absolute Gasteiger partial charge is 0.497 e. The molecule has 2 rings (SSSR count). The van der Waals surface area contributed by atoms with Gasteiger partial charge in [0.15, 0.2) is 0 Å². The lowest BCUT2D eigenvalue weighted by Gasteiger charge is -2.28. The summed E-state index contributed by atoms with van der Waals surface area (Å²) in [6.45, 7) is 4.75. The van der Waals surface area contributed by atoms with Crippen LogP contribution in [0.3, 0.4) is 0 Å². The van der Waals surface area contributed by atoms with E-state index in [1.807, 2.05) is 36.1 Å². The van der Waals surface area contributed by atoms with Crippen LogP contribution in [0.25, 0.3) is 0 Å². The van der Waals surface area contributed by atoms with E-state index in [9.17, 15) is 4.79 Å². The van der Waals surface area contributed by atoms with Crippen LogP contribution < -0.4 is 10.5 Å². The standard InChI is InChI=1S/C17H26N2O2/c1-4-12(2)16(18)17(20)19(14-7-8-14)11-13-5-9-15(21-3)10-6-13/h5-6,9-10,12,14,16H,4,7-8,11,18H2,1-3H3/t12?,16-/m0/s1. The molecule has 21 heavy (non-hydrogen) atoms. The Morgan fingerprint density at radius 1 is 1.38 bits per heavy atom. The van der Waals surface area contributed by atoms with Crippen molar-refractivity contribution in [2.45, 2.75) is 51.7 Å². The molecule has 116 valence electrons. The van der Waals surface area contributed by atoms with Gasteiger partial charge in [-0.1, -0.05) is 32.4 Å². The average molecular weight is 290 g/mol. The topological polar surface area (TPSA) is 55.6 Å². The number of hydrogen-bond acceptors (Lipinski definition) is 3. The highest BCUT2D eigenvalue weighted by Gasteiger charge is 2.35. The lowest BCUT2D eigenvalue weighted by atomic mass is 9.98. The number of benzene rings is 1. The highest BCUT2D eigenvalue weighted by Crippen LogP contribution is 2.30. The second kappa shape index (κ2) is 6.94. The van der Waals surface area contributed by atoms with Crippen molar-refractivity contribution in [3.8, 4) is 5.75 Å². The number of methoxy groups -OCH3 is 1. The molecule has 0 saturated heterocycles. The Hall–Kier alpha value is -1.55. The van der Waals surface area contributed by atoms with Crippen LogP contribution in [-0.4, -0.2) is 30.0 Å². The number of carbonyl (C=O) groups excluding carboxylic acids is 1. The van der Waals surface area contributed by atoms with E-state index < -0.39 is 6.04 Å². The highest BCUT2D eigenvalue weighted by molar-refractivity contribution is 5.82. The molecule has 2 N–H and O–H groups in total. The summed E-state index contributed by atoms with van der Waals surface area (Å²) >= 11 is 0. The number of nitrogens with zero attached hydrogens (tertiary/aromatic N) is 1. The van der Waals surface area contributed by atoms with Gasteiger partial charge >= 0.3 is 0 Å². The molecule has 1 saturated carbocycles. The van der Waals surface area contributed by atoms with Gasteiger partial charge in [-0.3, -0.25) is 4.79 Å². The van der Waals surface area contributed by atoms with Crippen molar-refractivity contribution in [1.29, 1.82) is 0 Å². The van der Waals surface area contributed by atoms with E-state index in [1.165, 1.54) is 0 Å². The zero-order chi connectivity index (χ0) is 15.4. The SMILES string of the molecule is CCC(C)[C@H](N)C(=O)N(Cc1ccc(OC)cc1)C1CC1. The lowest BCUT2D eigenvalue weighted by molar-refractivity contribution is -0.135. The third-order valence-electron chi connectivity index (χ3n) is 4.32. The second-order valence-corrected chi connectivity index (χ2v) is 5.96. The number of amides is 1. The van der Waals surface area contributed by atoms with Crippen LogP contribution in [0.15, 0.2) is 24.3 Å². The van der Waals surface area contributed by atoms with Gasteiger partial charge in [-0.05, 0) is 36.5 Å². The molecule has 1 fully saturated rings.